The van der Waals surface area contributed by atoms with E-state index in [4.69, 9.17) is 9.15 Å². The number of ether oxygens (including phenoxy) is 1. The highest BCUT2D eigenvalue weighted by Crippen LogP contribution is 2.35. The number of aryl methyl sites for hydroxylation is 1. The molecule has 2 amide bonds. The largest absolute Gasteiger partial charge is 0.496 e. The number of rotatable bonds is 6. The lowest BCUT2D eigenvalue weighted by atomic mass is 10.0. The first-order valence-corrected chi connectivity index (χ1v) is 10.4. The summed E-state index contributed by atoms with van der Waals surface area (Å²) in [6.45, 7) is 4.08. The van der Waals surface area contributed by atoms with Gasteiger partial charge in [-0.05, 0) is 44.2 Å². The number of anilines is 2. The Labute approximate surface area is 194 Å². The Kier molecular flexibility index (Phi) is 5.90. The minimum atomic E-state index is -3.06. The molecule has 34 heavy (non-hydrogen) atoms. The summed E-state index contributed by atoms with van der Waals surface area (Å²) in [5, 5.41) is 7.93. The summed E-state index contributed by atoms with van der Waals surface area (Å²) in [6, 6.07) is 10.2. The predicted octanol–water partition coefficient (Wildman–Crippen LogP) is 4.75. The van der Waals surface area contributed by atoms with Crippen LogP contribution in [0.2, 0.25) is 0 Å². The minimum Gasteiger partial charge on any atom is -0.496 e. The van der Waals surface area contributed by atoms with Crippen molar-refractivity contribution in [1.82, 2.24) is 4.98 Å². The van der Waals surface area contributed by atoms with E-state index in [9.17, 15) is 18.4 Å². The summed E-state index contributed by atoms with van der Waals surface area (Å²) in [5.74, 6) is -4.11. The molecule has 1 N–H and O–H groups in total. The molecule has 176 valence electrons. The molecule has 10 heteroatoms. The number of halogens is 2. The van der Waals surface area contributed by atoms with Gasteiger partial charge in [0.05, 0.1) is 30.3 Å². The molecule has 1 aliphatic heterocycles. The fraction of sp³-hybridized carbons (Fsp3) is 0.250. The average molecular weight is 468 g/mol. The Balaban J connectivity index is 1.59. The Morgan fingerprint density at radius 2 is 1.97 bits per heavy atom. The van der Waals surface area contributed by atoms with Crippen LogP contribution >= 0.6 is 0 Å². The Morgan fingerprint density at radius 1 is 1.21 bits per heavy atom. The van der Waals surface area contributed by atoms with Gasteiger partial charge in [0.25, 0.3) is 11.8 Å². The normalized spacial score (nSPS) is 15.9. The number of alkyl halides is 2. The monoisotopic (exact) mass is 468 g/mol. The highest BCUT2D eigenvalue weighted by atomic mass is 19.3. The minimum absolute atomic E-state index is 0.161. The van der Waals surface area contributed by atoms with E-state index in [0.29, 0.717) is 28.7 Å². The predicted molar refractivity (Wildman–Crippen MR) is 122 cm³/mol. The Bertz CT molecular complexity index is 1300. The van der Waals surface area contributed by atoms with Crippen LogP contribution in [0.4, 0.5) is 20.2 Å². The zero-order chi connectivity index (χ0) is 24.6. The van der Waals surface area contributed by atoms with Crippen LogP contribution in [-0.4, -0.2) is 29.6 Å². The molecule has 0 radical (unpaired) electrons. The lowest BCUT2D eigenvalue weighted by molar-refractivity contribution is -0.127. The lowest BCUT2D eigenvalue weighted by Gasteiger charge is -2.17. The van der Waals surface area contributed by atoms with Crippen LogP contribution in [0, 0.1) is 12.8 Å². The molecular weight excluding hydrogens is 446 g/mol. The summed E-state index contributed by atoms with van der Waals surface area (Å²) < 4.78 is 38.2. The topological polar surface area (TPSA) is 97.0 Å². The quantitative estimate of drug-likeness (QED) is 0.527. The molecule has 0 fully saturated rings. The number of nitrogens with one attached hydrogen (secondary N) is 1. The van der Waals surface area contributed by atoms with E-state index in [1.165, 1.54) is 31.4 Å². The van der Waals surface area contributed by atoms with Crippen molar-refractivity contribution in [3.05, 3.63) is 60.0 Å². The number of aromatic nitrogens is 1. The highest BCUT2D eigenvalue weighted by molar-refractivity contribution is 6.28. The van der Waals surface area contributed by atoms with Crippen LogP contribution in [0.3, 0.4) is 0 Å². The second kappa shape index (κ2) is 8.69. The van der Waals surface area contributed by atoms with Gasteiger partial charge in [-0.15, -0.1) is 0 Å². The number of amides is 2. The summed E-state index contributed by atoms with van der Waals surface area (Å²) in [7, 11) is 1.50. The number of nitrogens with zero attached hydrogens (tertiary/aromatic N) is 3. The van der Waals surface area contributed by atoms with E-state index in [1.54, 1.807) is 38.2 Å². The van der Waals surface area contributed by atoms with E-state index in [1.807, 2.05) is 0 Å². The third-order valence-corrected chi connectivity index (χ3v) is 5.31. The van der Waals surface area contributed by atoms with Crippen molar-refractivity contribution < 1.29 is 27.5 Å². The van der Waals surface area contributed by atoms with Gasteiger partial charge >= 0.3 is 0 Å². The second-order valence-electron chi connectivity index (χ2n) is 7.94. The van der Waals surface area contributed by atoms with Gasteiger partial charge in [-0.25, -0.2) is 13.8 Å². The Morgan fingerprint density at radius 3 is 2.62 bits per heavy atom. The number of carbonyl (C=O) groups is 2. The molecule has 1 aliphatic rings. The van der Waals surface area contributed by atoms with Crippen LogP contribution in [0.25, 0.3) is 11.5 Å². The van der Waals surface area contributed by atoms with Gasteiger partial charge in [0.15, 0.2) is 5.92 Å². The van der Waals surface area contributed by atoms with Crippen molar-refractivity contribution in [2.45, 2.75) is 26.7 Å². The molecule has 0 spiro atoms. The molecule has 8 nitrogen and oxygen atoms in total. The number of hydrogen-bond donors (Lipinski definition) is 1. The molecule has 1 atom stereocenters. The number of benzene rings is 2. The number of hydrogen-bond acceptors (Lipinski definition) is 6. The summed E-state index contributed by atoms with van der Waals surface area (Å²) in [6.07, 6.45) is 1.56. The maximum absolute atomic E-state index is 13.6. The van der Waals surface area contributed by atoms with Gasteiger partial charge in [-0.2, -0.15) is 10.1 Å². The zero-order valence-corrected chi connectivity index (χ0v) is 18.9. The van der Waals surface area contributed by atoms with Gasteiger partial charge in [0.2, 0.25) is 11.8 Å². The first kappa shape index (κ1) is 23.1. The fourth-order valence-electron chi connectivity index (χ4n) is 3.61. The first-order chi connectivity index (χ1) is 16.1. The molecule has 1 aromatic heterocycles. The lowest BCUT2D eigenvalue weighted by Crippen LogP contribution is -2.36. The van der Waals surface area contributed by atoms with E-state index in [-0.39, 0.29) is 17.0 Å². The molecule has 4 rings (SSSR count). The van der Waals surface area contributed by atoms with Crippen LogP contribution in [0.15, 0.2) is 58.2 Å². The van der Waals surface area contributed by atoms with Crippen LogP contribution in [-0.2, 0) is 15.5 Å². The smallest absolute Gasteiger partial charge is 0.270 e. The first-order valence-electron chi connectivity index (χ1n) is 10.4. The third kappa shape index (κ3) is 4.39. The molecule has 0 bridgehead atoms. The Hall–Kier alpha value is -4.08. The molecule has 2 aromatic carbocycles. The maximum Gasteiger partial charge on any atom is 0.270 e. The molecule has 0 aliphatic carbocycles. The van der Waals surface area contributed by atoms with Gasteiger partial charge < -0.3 is 14.5 Å². The van der Waals surface area contributed by atoms with Crippen LogP contribution in [0.1, 0.15) is 25.2 Å². The van der Waals surface area contributed by atoms with Crippen molar-refractivity contribution >= 4 is 28.9 Å². The van der Waals surface area contributed by atoms with E-state index in [0.717, 1.165) is 11.9 Å². The number of carbonyl (C=O) groups excluding carboxylic acids is 2. The van der Waals surface area contributed by atoms with Crippen LogP contribution < -0.4 is 15.1 Å². The highest BCUT2D eigenvalue weighted by Gasteiger charge is 2.40. The second-order valence-corrected chi connectivity index (χ2v) is 7.94. The zero-order valence-electron chi connectivity index (χ0n) is 18.9. The maximum atomic E-state index is 13.6. The van der Waals surface area contributed by atoms with Gasteiger partial charge in [0, 0.05) is 18.2 Å². The molecule has 2 heterocycles. The summed E-state index contributed by atoms with van der Waals surface area (Å²) >= 11 is 0. The molecule has 1 unspecified atom stereocenters. The molecule has 0 saturated heterocycles. The van der Waals surface area contributed by atoms with E-state index >= 15 is 0 Å². The SMILES string of the molecule is COc1ccc(N2N=C(C)C(C(=O)Nc3cccc(C(C)(F)F)c3)C2=O)cc1-c1ncc(C)o1. The van der Waals surface area contributed by atoms with Crippen molar-refractivity contribution in [3.8, 4) is 17.2 Å². The molecular formula is C24H22F2N4O4. The standard InChI is InChI=1S/C24H22F2N4O4/c1-13-12-27-22(34-13)18-11-17(8-9-19(18)33-4)30-23(32)20(14(2)29-30)21(31)28-16-7-5-6-15(10-16)24(3,25)26/h5-12,20H,1-4H3,(H,28,31). The number of oxazole rings is 1. The van der Waals surface area contributed by atoms with Crippen molar-refractivity contribution in [1.29, 1.82) is 0 Å². The number of hydrazone groups is 1. The summed E-state index contributed by atoms with van der Waals surface area (Å²) in [4.78, 5) is 30.2. The van der Waals surface area contributed by atoms with Gasteiger partial charge in [0.1, 0.15) is 11.5 Å². The number of methoxy groups -OCH3 is 1. The van der Waals surface area contributed by atoms with E-state index in [2.05, 4.69) is 15.4 Å². The van der Waals surface area contributed by atoms with Gasteiger partial charge in [-0.1, -0.05) is 12.1 Å². The van der Waals surface area contributed by atoms with Crippen molar-refractivity contribution in [2.75, 3.05) is 17.4 Å². The van der Waals surface area contributed by atoms with Gasteiger partial charge in [-0.3, -0.25) is 9.59 Å². The van der Waals surface area contributed by atoms with Crippen LogP contribution in [0.5, 0.6) is 5.75 Å². The molecule has 0 saturated carbocycles. The summed E-state index contributed by atoms with van der Waals surface area (Å²) in [5.41, 5.74) is 1.08. The third-order valence-electron chi connectivity index (χ3n) is 5.31. The van der Waals surface area contributed by atoms with E-state index < -0.39 is 23.7 Å². The fourth-order valence-corrected chi connectivity index (χ4v) is 3.61. The molecule has 3 aromatic rings. The van der Waals surface area contributed by atoms with Crippen molar-refractivity contribution in [2.24, 2.45) is 11.0 Å². The average Bonchev–Trinajstić information content (AvgIpc) is 3.35. The van der Waals surface area contributed by atoms with Crippen molar-refractivity contribution in [3.63, 3.8) is 0 Å².